The molecular formula is C18H10OS2. The number of thioether (sulfide) groups is 2. The lowest BCUT2D eigenvalue weighted by atomic mass is 9.82. The lowest BCUT2D eigenvalue weighted by Crippen LogP contribution is -2.14. The molecule has 0 unspecified atom stereocenters. The Morgan fingerprint density at radius 3 is 2.24 bits per heavy atom. The zero-order chi connectivity index (χ0) is 14.0. The summed E-state index contributed by atoms with van der Waals surface area (Å²) in [5.74, 6) is 0.167. The van der Waals surface area contributed by atoms with E-state index in [2.05, 4.69) is 29.0 Å². The molecule has 2 aromatic rings. The molecule has 0 amide bonds. The average molecular weight is 306 g/mol. The predicted molar refractivity (Wildman–Crippen MR) is 89.5 cm³/mol. The molecule has 0 radical (unpaired) electrons. The number of carbonyl (C=O) groups is 1. The number of rotatable bonds is 0. The number of ketones is 1. The van der Waals surface area contributed by atoms with Crippen molar-refractivity contribution in [2.45, 2.75) is 6.42 Å². The molecule has 100 valence electrons. The number of fused-ring (bicyclic) bond motifs is 3. The van der Waals surface area contributed by atoms with Crippen molar-refractivity contribution in [2.24, 2.45) is 0 Å². The van der Waals surface area contributed by atoms with E-state index < -0.39 is 0 Å². The van der Waals surface area contributed by atoms with E-state index in [-0.39, 0.29) is 5.78 Å². The Bertz CT molecular complexity index is 880. The number of hydrogen-bond donors (Lipinski definition) is 0. The van der Waals surface area contributed by atoms with Crippen LogP contribution in [0.3, 0.4) is 0 Å². The zero-order valence-electron chi connectivity index (χ0n) is 11.1. The molecule has 21 heavy (non-hydrogen) atoms. The molecule has 2 aromatic carbocycles. The van der Waals surface area contributed by atoms with Crippen LogP contribution < -0.4 is 0 Å². The van der Waals surface area contributed by atoms with Gasteiger partial charge in [-0.2, -0.15) is 0 Å². The first-order valence-electron chi connectivity index (χ1n) is 6.86. The summed E-state index contributed by atoms with van der Waals surface area (Å²) >= 11 is 3.50. The fourth-order valence-electron chi connectivity index (χ4n) is 3.08. The average Bonchev–Trinajstić information content (AvgIpc) is 3.07. The number of hydrogen-bond acceptors (Lipinski definition) is 3. The summed E-state index contributed by atoms with van der Waals surface area (Å²) in [7, 11) is 0. The Kier molecular flexibility index (Phi) is 2.35. The Labute approximate surface area is 131 Å². The molecule has 1 aliphatic heterocycles. The lowest BCUT2D eigenvalue weighted by molar-refractivity contribution is 0.103. The summed E-state index contributed by atoms with van der Waals surface area (Å²) in [6.45, 7) is 0. The van der Waals surface area contributed by atoms with Crippen LogP contribution in [-0.2, 0) is 6.42 Å². The van der Waals surface area contributed by atoms with E-state index in [4.69, 9.17) is 0 Å². The van der Waals surface area contributed by atoms with Crippen LogP contribution in [0.2, 0.25) is 0 Å². The largest absolute Gasteiger partial charge is 0.289 e. The van der Waals surface area contributed by atoms with Crippen molar-refractivity contribution in [3.8, 4) is 0 Å². The molecule has 2 aliphatic carbocycles. The van der Waals surface area contributed by atoms with Gasteiger partial charge in [0.05, 0.1) is 4.24 Å². The first-order chi connectivity index (χ1) is 10.3. The topological polar surface area (TPSA) is 17.1 Å². The van der Waals surface area contributed by atoms with Crippen molar-refractivity contribution in [2.75, 3.05) is 0 Å². The molecular weight excluding hydrogens is 296 g/mol. The van der Waals surface area contributed by atoms with Crippen LogP contribution in [0.4, 0.5) is 0 Å². The summed E-state index contributed by atoms with van der Waals surface area (Å²) in [4.78, 5) is 12.8. The van der Waals surface area contributed by atoms with Crippen molar-refractivity contribution in [1.82, 2.24) is 0 Å². The van der Waals surface area contributed by atoms with E-state index in [1.54, 1.807) is 23.5 Å². The Balaban J connectivity index is 1.87. The van der Waals surface area contributed by atoms with Crippen molar-refractivity contribution in [1.29, 1.82) is 0 Å². The third-order valence-corrected chi connectivity index (χ3v) is 6.29. The highest BCUT2D eigenvalue weighted by Gasteiger charge is 2.32. The van der Waals surface area contributed by atoms with Crippen LogP contribution in [0.1, 0.15) is 38.2 Å². The van der Waals surface area contributed by atoms with Crippen LogP contribution in [-0.4, -0.2) is 5.78 Å². The van der Waals surface area contributed by atoms with Gasteiger partial charge in [-0.25, -0.2) is 0 Å². The van der Waals surface area contributed by atoms with E-state index in [1.807, 2.05) is 18.2 Å². The highest BCUT2D eigenvalue weighted by Crippen LogP contribution is 2.49. The standard InChI is InChI=1S/C18H10OS2/c19-17-13-4-2-1-3-12(13)16(18-20-5-6-21-18)14-8-10-7-11(10)9-15(14)17/h1-6,8-9H,7H2. The molecule has 5 rings (SSSR count). The molecule has 0 aromatic heterocycles. The fraction of sp³-hybridized carbons (Fsp3) is 0.0556. The molecule has 3 heteroatoms. The molecule has 0 fully saturated rings. The van der Waals surface area contributed by atoms with Crippen LogP contribution in [0, 0.1) is 0 Å². The Morgan fingerprint density at radius 1 is 0.810 bits per heavy atom. The Hall–Kier alpha value is -1.71. The molecule has 0 bridgehead atoms. The van der Waals surface area contributed by atoms with Gasteiger partial charge in [-0.15, -0.1) is 0 Å². The third kappa shape index (κ3) is 1.65. The quantitative estimate of drug-likeness (QED) is 0.464. The minimum absolute atomic E-state index is 0.167. The van der Waals surface area contributed by atoms with E-state index in [0.717, 1.165) is 28.7 Å². The normalized spacial score (nSPS) is 17.6. The molecule has 0 N–H and O–H groups in total. The van der Waals surface area contributed by atoms with Crippen molar-refractivity contribution in [3.63, 3.8) is 0 Å². The van der Waals surface area contributed by atoms with Gasteiger partial charge in [-0.3, -0.25) is 4.79 Å². The van der Waals surface area contributed by atoms with E-state index in [1.165, 1.54) is 20.9 Å². The van der Waals surface area contributed by atoms with Gasteiger partial charge >= 0.3 is 0 Å². The maximum atomic E-state index is 12.8. The molecule has 1 nitrogen and oxygen atoms in total. The molecule has 0 spiro atoms. The monoisotopic (exact) mass is 306 g/mol. The molecule has 1 heterocycles. The minimum atomic E-state index is 0.167. The van der Waals surface area contributed by atoms with Crippen molar-refractivity contribution in [3.05, 3.63) is 84.8 Å². The molecule has 0 saturated carbocycles. The van der Waals surface area contributed by atoms with Gasteiger partial charge in [0.15, 0.2) is 5.78 Å². The van der Waals surface area contributed by atoms with E-state index in [0.29, 0.717) is 0 Å². The highest BCUT2D eigenvalue weighted by atomic mass is 32.2. The van der Waals surface area contributed by atoms with Crippen molar-refractivity contribution < 1.29 is 4.79 Å². The second-order valence-electron chi connectivity index (χ2n) is 5.39. The Morgan fingerprint density at radius 2 is 1.48 bits per heavy atom. The van der Waals surface area contributed by atoms with Crippen LogP contribution >= 0.6 is 23.5 Å². The molecule has 3 aliphatic rings. The second kappa shape index (κ2) is 4.15. The minimum Gasteiger partial charge on any atom is -0.289 e. The molecule has 0 saturated heterocycles. The van der Waals surface area contributed by atoms with Crippen LogP contribution in [0.5, 0.6) is 0 Å². The summed E-state index contributed by atoms with van der Waals surface area (Å²) < 4.78 is 1.27. The zero-order valence-corrected chi connectivity index (χ0v) is 12.7. The third-order valence-electron chi connectivity index (χ3n) is 4.16. The van der Waals surface area contributed by atoms with Crippen LogP contribution in [0.25, 0.3) is 5.57 Å². The predicted octanol–water partition coefficient (Wildman–Crippen LogP) is 4.80. The second-order valence-corrected chi connectivity index (χ2v) is 7.48. The van der Waals surface area contributed by atoms with Gasteiger partial charge in [0, 0.05) is 16.7 Å². The first-order valence-corrected chi connectivity index (χ1v) is 8.62. The van der Waals surface area contributed by atoms with Gasteiger partial charge in [-0.05, 0) is 51.6 Å². The fourth-order valence-corrected chi connectivity index (χ4v) is 5.00. The van der Waals surface area contributed by atoms with Gasteiger partial charge < -0.3 is 0 Å². The maximum absolute atomic E-state index is 12.8. The summed E-state index contributed by atoms with van der Waals surface area (Å²) in [6.07, 6.45) is 1.04. The van der Waals surface area contributed by atoms with Crippen molar-refractivity contribution >= 4 is 34.9 Å². The highest BCUT2D eigenvalue weighted by molar-refractivity contribution is 8.27. The van der Waals surface area contributed by atoms with Gasteiger partial charge in [0.2, 0.25) is 0 Å². The lowest BCUT2D eigenvalue weighted by Gasteiger charge is -2.22. The van der Waals surface area contributed by atoms with Crippen LogP contribution in [0.15, 0.2) is 51.5 Å². The maximum Gasteiger partial charge on any atom is 0.194 e. The summed E-state index contributed by atoms with van der Waals surface area (Å²) in [6, 6.07) is 12.3. The number of benzene rings is 2. The van der Waals surface area contributed by atoms with E-state index in [9.17, 15) is 4.79 Å². The first kappa shape index (κ1) is 11.9. The smallest absolute Gasteiger partial charge is 0.194 e. The molecule has 0 atom stereocenters. The summed E-state index contributed by atoms with van der Waals surface area (Å²) in [5.41, 5.74) is 7.86. The van der Waals surface area contributed by atoms with Gasteiger partial charge in [-0.1, -0.05) is 47.8 Å². The van der Waals surface area contributed by atoms with Gasteiger partial charge in [0.25, 0.3) is 0 Å². The summed E-state index contributed by atoms with van der Waals surface area (Å²) in [5, 5.41) is 4.22. The van der Waals surface area contributed by atoms with E-state index >= 15 is 0 Å². The van der Waals surface area contributed by atoms with Gasteiger partial charge in [0.1, 0.15) is 0 Å². The SMILES string of the molecule is O=C1c2ccccc2C(=C2SC=CS2)c2cc3c(cc21)C3. The number of carbonyl (C=O) groups excluding carboxylic acids is 1.